The third kappa shape index (κ3) is 4.72. The van der Waals surface area contributed by atoms with Crippen LogP contribution in [0.3, 0.4) is 0 Å². The van der Waals surface area contributed by atoms with Crippen LogP contribution < -0.4 is 5.14 Å². The van der Waals surface area contributed by atoms with E-state index >= 15 is 0 Å². The monoisotopic (exact) mass is 471 g/mol. The van der Waals surface area contributed by atoms with E-state index < -0.39 is 10.0 Å². The van der Waals surface area contributed by atoms with Gasteiger partial charge in [0.05, 0.1) is 22.0 Å². The van der Waals surface area contributed by atoms with Crippen LogP contribution in [0.5, 0.6) is 0 Å². The minimum Gasteiger partial charge on any atom is -0.294 e. The van der Waals surface area contributed by atoms with Crippen molar-refractivity contribution in [3.63, 3.8) is 0 Å². The highest BCUT2D eigenvalue weighted by Gasteiger charge is 2.18. The Hall–Kier alpha value is -3.07. The Morgan fingerprint density at radius 1 is 1.06 bits per heavy atom. The zero-order valence-electron chi connectivity index (χ0n) is 16.8. The van der Waals surface area contributed by atoms with Crippen molar-refractivity contribution in [1.29, 1.82) is 0 Å². The number of ketones is 1. The van der Waals surface area contributed by atoms with Gasteiger partial charge in [-0.2, -0.15) is 5.10 Å². The fourth-order valence-electron chi connectivity index (χ4n) is 3.50. The van der Waals surface area contributed by atoms with E-state index in [-0.39, 0.29) is 30.2 Å². The third-order valence-corrected chi connectivity index (χ3v) is 6.22. The summed E-state index contributed by atoms with van der Waals surface area (Å²) in [6, 6.07) is 18.3. The van der Waals surface area contributed by atoms with Gasteiger partial charge in [-0.25, -0.2) is 22.6 Å². The first kappa shape index (κ1) is 22.1. The lowest BCUT2D eigenvalue weighted by molar-refractivity contribution is 0.0982. The molecule has 0 spiro atoms. The summed E-state index contributed by atoms with van der Waals surface area (Å²) in [5.41, 5.74) is 3.04. The Balaban J connectivity index is 1.81. The van der Waals surface area contributed by atoms with Gasteiger partial charge < -0.3 is 0 Å². The van der Waals surface area contributed by atoms with Crippen molar-refractivity contribution in [2.45, 2.75) is 12.8 Å². The molecule has 4 aromatic rings. The lowest BCUT2D eigenvalue weighted by Gasteiger charge is -2.05. The molecule has 1 aromatic heterocycles. The standard InChI is InChI=1S/C23H19ClFN3O3S/c24-20-5-2-1-4-18(20)23-19-12-7-15(22(29)6-3-13-32(26,30)31)14-21(19)28(27-23)17-10-8-16(25)9-11-17/h1-2,4-5,7-12,14H,3,6,13H2,(H2,26,30,31). The number of fused-ring (bicyclic) bond motifs is 1. The summed E-state index contributed by atoms with van der Waals surface area (Å²) in [5, 5.41) is 11.0. The Bertz CT molecular complexity index is 1420. The molecule has 0 unspecified atom stereocenters. The summed E-state index contributed by atoms with van der Waals surface area (Å²) in [6.45, 7) is 0. The van der Waals surface area contributed by atoms with Gasteiger partial charge in [-0.3, -0.25) is 4.79 Å². The molecule has 6 nitrogen and oxygen atoms in total. The molecular formula is C23H19ClFN3O3S. The van der Waals surface area contributed by atoms with E-state index in [1.165, 1.54) is 12.1 Å². The highest BCUT2D eigenvalue weighted by Crippen LogP contribution is 2.34. The Kier molecular flexibility index (Phi) is 6.10. The highest BCUT2D eigenvalue weighted by atomic mass is 35.5. The number of nitrogens with zero attached hydrogens (tertiary/aromatic N) is 2. The van der Waals surface area contributed by atoms with Crippen molar-refractivity contribution < 1.29 is 17.6 Å². The summed E-state index contributed by atoms with van der Waals surface area (Å²) in [5.74, 6) is -0.838. The van der Waals surface area contributed by atoms with Gasteiger partial charge in [-0.1, -0.05) is 35.9 Å². The molecule has 2 N–H and O–H groups in total. The number of rotatable bonds is 7. The molecule has 0 fully saturated rings. The zero-order chi connectivity index (χ0) is 22.9. The molecule has 32 heavy (non-hydrogen) atoms. The first-order chi connectivity index (χ1) is 15.2. The van der Waals surface area contributed by atoms with Crippen molar-refractivity contribution in [3.8, 4) is 16.9 Å². The smallest absolute Gasteiger partial charge is 0.209 e. The number of nitrogens with two attached hydrogens (primary N) is 1. The van der Waals surface area contributed by atoms with Crippen LogP contribution in [0.15, 0.2) is 66.7 Å². The molecule has 9 heteroatoms. The van der Waals surface area contributed by atoms with Crippen molar-refractivity contribution in [3.05, 3.63) is 83.1 Å². The third-order valence-electron chi connectivity index (χ3n) is 5.04. The van der Waals surface area contributed by atoms with Crippen LogP contribution in [0.4, 0.5) is 4.39 Å². The van der Waals surface area contributed by atoms with Crippen LogP contribution in [0.25, 0.3) is 27.8 Å². The first-order valence-electron chi connectivity index (χ1n) is 9.80. The average molecular weight is 472 g/mol. The van der Waals surface area contributed by atoms with Gasteiger partial charge in [0.1, 0.15) is 11.5 Å². The fraction of sp³-hybridized carbons (Fsp3) is 0.130. The molecule has 0 atom stereocenters. The SMILES string of the molecule is NS(=O)(=O)CCCC(=O)c1ccc2c(-c3ccccc3Cl)nn(-c3ccc(F)cc3)c2c1. The number of Topliss-reactive ketones (excluding diaryl/α,β-unsaturated/α-hetero) is 1. The fourth-order valence-corrected chi connectivity index (χ4v) is 4.27. The first-order valence-corrected chi connectivity index (χ1v) is 11.9. The summed E-state index contributed by atoms with van der Waals surface area (Å²) < 4.78 is 37.4. The van der Waals surface area contributed by atoms with Gasteiger partial charge in [-0.15, -0.1) is 0 Å². The molecule has 3 aromatic carbocycles. The lowest BCUT2D eigenvalue weighted by Crippen LogP contribution is -2.17. The summed E-state index contributed by atoms with van der Waals surface area (Å²) >= 11 is 6.40. The van der Waals surface area contributed by atoms with E-state index in [0.717, 1.165) is 10.9 Å². The number of hydrogen-bond donors (Lipinski definition) is 1. The van der Waals surface area contributed by atoms with Crippen LogP contribution in [-0.2, 0) is 10.0 Å². The van der Waals surface area contributed by atoms with E-state index in [2.05, 4.69) is 0 Å². The van der Waals surface area contributed by atoms with E-state index in [9.17, 15) is 17.6 Å². The number of primary sulfonamides is 1. The van der Waals surface area contributed by atoms with E-state index in [0.29, 0.717) is 27.5 Å². The average Bonchev–Trinajstić information content (AvgIpc) is 3.12. The molecule has 0 aliphatic heterocycles. The molecule has 0 radical (unpaired) electrons. The van der Waals surface area contributed by atoms with Crippen LogP contribution >= 0.6 is 11.6 Å². The van der Waals surface area contributed by atoms with Gasteiger partial charge in [0.2, 0.25) is 10.0 Å². The van der Waals surface area contributed by atoms with Crippen LogP contribution in [-0.4, -0.2) is 29.7 Å². The van der Waals surface area contributed by atoms with Crippen molar-refractivity contribution >= 4 is 38.3 Å². The molecular weight excluding hydrogens is 453 g/mol. The highest BCUT2D eigenvalue weighted by molar-refractivity contribution is 7.89. The summed E-state index contributed by atoms with van der Waals surface area (Å²) in [7, 11) is -3.62. The normalized spacial score (nSPS) is 11.7. The zero-order valence-corrected chi connectivity index (χ0v) is 18.4. The van der Waals surface area contributed by atoms with Gasteiger partial charge in [0.15, 0.2) is 5.78 Å². The number of carbonyl (C=O) groups excluding carboxylic acids is 1. The van der Waals surface area contributed by atoms with Crippen molar-refractivity contribution in [1.82, 2.24) is 9.78 Å². The van der Waals surface area contributed by atoms with E-state index in [1.807, 2.05) is 18.2 Å². The lowest BCUT2D eigenvalue weighted by atomic mass is 10.0. The number of carbonyl (C=O) groups is 1. The largest absolute Gasteiger partial charge is 0.294 e. The summed E-state index contributed by atoms with van der Waals surface area (Å²) in [4.78, 5) is 12.7. The maximum Gasteiger partial charge on any atom is 0.209 e. The Labute approximate surface area is 189 Å². The summed E-state index contributed by atoms with van der Waals surface area (Å²) in [6.07, 6.45) is 0.182. The maximum atomic E-state index is 13.5. The van der Waals surface area contributed by atoms with E-state index in [1.54, 1.807) is 41.1 Å². The number of aromatic nitrogens is 2. The molecule has 0 saturated heterocycles. The molecule has 0 saturated carbocycles. The minimum atomic E-state index is -3.62. The number of sulfonamides is 1. The number of hydrogen-bond acceptors (Lipinski definition) is 4. The second-order valence-electron chi connectivity index (χ2n) is 7.34. The molecule has 164 valence electrons. The Morgan fingerprint density at radius 3 is 2.47 bits per heavy atom. The Morgan fingerprint density at radius 2 is 1.78 bits per heavy atom. The quantitative estimate of drug-likeness (QED) is 0.394. The van der Waals surface area contributed by atoms with E-state index in [4.69, 9.17) is 21.8 Å². The predicted octanol–water partition coefficient (Wildman–Crippen LogP) is 4.74. The maximum absolute atomic E-state index is 13.5. The van der Waals surface area contributed by atoms with Gasteiger partial charge >= 0.3 is 0 Å². The van der Waals surface area contributed by atoms with Crippen molar-refractivity contribution in [2.24, 2.45) is 5.14 Å². The molecule has 1 heterocycles. The minimum absolute atomic E-state index is 0.0456. The van der Waals surface area contributed by atoms with Crippen molar-refractivity contribution in [2.75, 3.05) is 5.75 Å². The van der Waals surface area contributed by atoms with Gasteiger partial charge in [0, 0.05) is 22.9 Å². The molecule has 0 aliphatic rings. The molecule has 0 bridgehead atoms. The van der Waals surface area contributed by atoms with Crippen LogP contribution in [0.1, 0.15) is 23.2 Å². The number of halogens is 2. The second kappa shape index (κ2) is 8.82. The second-order valence-corrected chi connectivity index (χ2v) is 9.48. The van der Waals surface area contributed by atoms with Crippen LogP contribution in [0.2, 0.25) is 5.02 Å². The van der Waals surface area contributed by atoms with Crippen LogP contribution in [0, 0.1) is 5.82 Å². The number of benzene rings is 3. The van der Waals surface area contributed by atoms with Gasteiger partial charge in [0.25, 0.3) is 0 Å². The molecule has 4 rings (SSSR count). The topological polar surface area (TPSA) is 95.1 Å². The predicted molar refractivity (Wildman–Crippen MR) is 123 cm³/mol. The molecule has 0 aliphatic carbocycles. The molecule has 0 amide bonds. The van der Waals surface area contributed by atoms with Gasteiger partial charge in [-0.05, 0) is 48.9 Å².